The average Bonchev–Trinajstić information content (AvgIpc) is 3.10. The first-order valence-electron chi connectivity index (χ1n) is 8.17. The molecule has 1 atom stereocenters. The van der Waals surface area contributed by atoms with Crippen molar-refractivity contribution >= 4 is 35.1 Å². The molecule has 0 saturated carbocycles. The number of nitrogens with zero attached hydrogens (tertiary/aromatic N) is 3. The summed E-state index contributed by atoms with van der Waals surface area (Å²) in [5.74, 6) is 1.82. The Morgan fingerprint density at radius 2 is 2.12 bits per heavy atom. The molecule has 0 radical (unpaired) electrons. The maximum atomic E-state index is 12.2. The molecule has 3 aromatic rings. The lowest BCUT2D eigenvalue weighted by Crippen LogP contribution is -2.16. The van der Waals surface area contributed by atoms with Gasteiger partial charge in [-0.15, -0.1) is 11.8 Å². The number of halogens is 1. The Kier molecular flexibility index (Phi) is 4.50. The fraction of sp³-hybridized carbons (Fsp3) is 0.278. The quantitative estimate of drug-likeness (QED) is 0.735. The third-order valence-corrected chi connectivity index (χ3v) is 5.89. The first kappa shape index (κ1) is 17.2. The van der Waals surface area contributed by atoms with E-state index in [0.29, 0.717) is 17.3 Å². The lowest BCUT2D eigenvalue weighted by atomic mass is 10.1. The normalized spacial score (nSPS) is 16.9. The number of rotatable bonds is 3. The van der Waals surface area contributed by atoms with E-state index in [1.807, 2.05) is 49.0 Å². The van der Waals surface area contributed by atoms with Crippen molar-refractivity contribution in [2.24, 2.45) is 0 Å². The Labute approximate surface area is 159 Å². The van der Waals surface area contributed by atoms with E-state index in [2.05, 4.69) is 15.6 Å². The van der Waals surface area contributed by atoms with Gasteiger partial charge < -0.3 is 9.84 Å². The Bertz CT molecular complexity index is 945. The molecule has 1 aliphatic rings. The van der Waals surface area contributed by atoms with Crippen LogP contribution in [0.3, 0.4) is 0 Å². The molecule has 0 saturated heterocycles. The van der Waals surface area contributed by atoms with Crippen LogP contribution in [-0.2, 0) is 11.3 Å². The molecule has 6 nitrogen and oxygen atoms in total. The second kappa shape index (κ2) is 6.81. The van der Waals surface area contributed by atoms with Crippen molar-refractivity contribution in [3.05, 3.63) is 63.6 Å². The van der Waals surface area contributed by atoms with Crippen LogP contribution in [0.5, 0.6) is 0 Å². The molecular weight excluding hydrogens is 372 g/mol. The second-order valence-electron chi connectivity index (χ2n) is 6.21. The van der Waals surface area contributed by atoms with Crippen LogP contribution in [-0.4, -0.2) is 26.6 Å². The molecule has 134 valence electrons. The van der Waals surface area contributed by atoms with Gasteiger partial charge in [0.2, 0.25) is 5.91 Å². The maximum Gasteiger partial charge on any atom is 0.235 e. The SMILES string of the molecule is Cc1noc(C)c1[C@@H]1SCC(=O)Nc2c1cnn2Cc1ccc(Cl)cc1. The van der Waals surface area contributed by atoms with E-state index in [1.165, 1.54) is 0 Å². The summed E-state index contributed by atoms with van der Waals surface area (Å²) in [4.78, 5) is 12.2. The number of anilines is 1. The molecule has 0 fully saturated rings. The highest BCUT2D eigenvalue weighted by molar-refractivity contribution is 8.00. The summed E-state index contributed by atoms with van der Waals surface area (Å²) in [5.41, 5.74) is 3.87. The van der Waals surface area contributed by atoms with Gasteiger partial charge in [0.25, 0.3) is 0 Å². The Hall–Kier alpha value is -2.25. The number of fused-ring (bicyclic) bond motifs is 1. The van der Waals surface area contributed by atoms with Crippen molar-refractivity contribution in [1.29, 1.82) is 0 Å². The van der Waals surface area contributed by atoms with Gasteiger partial charge in [-0.05, 0) is 31.5 Å². The van der Waals surface area contributed by atoms with Crippen LogP contribution in [0, 0.1) is 13.8 Å². The zero-order chi connectivity index (χ0) is 18.3. The molecule has 3 heterocycles. The smallest absolute Gasteiger partial charge is 0.235 e. The number of hydrogen-bond acceptors (Lipinski definition) is 5. The van der Waals surface area contributed by atoms with E-state index in [0.717, 1.165) is 34.0 Å². The summed E-state index contributed by atoms with van der Waals surface area (Å²) in [6.07, 6.45) is 1.82. The zero-order valence-electron chi connectivity index (χ0n) is 14.3. The van der Waals surface area contributed by atoms with E-state index < -0.39 is 0 Å². The van der Waals surface area contributed by atoms with Crippen LogP contribution < -0.4 is 5.32 Å². The number of hydrogen-bond donors (Lipinski definition) is 1. The number of aromatic nitrogens is 3. The predicted molar refractivity (Wildman–Crippen MR) is 102 cm³/mol. The van der Waals surface area contributed by atoms with Crippen molar-refractivity contribution < 1.29 is 9.32 Å². The minimum Gasteiger partial charge on any atom is -0.361 e. The fourth-order valence-electron chi connectivity index (χ4n) is 3.13. The summed E-state index contributed by atoms with van der Waals surface area (Å²) in [6.45, 7) is 4.37. The van der Waals surface area contributed by atoms with Crippen LogP contribution >= 0.6 is 23.4 Å². The van der Waals surface area contributed by atoms with Gasteiger partial charge in [0.15, 0.2) is 0 Å². The molecule has 1 amide bonds. The Balaban J connectivity index is 1.75. The standard InChI is InChI=1S/C18H17ClN4O2S/c1-10-16(11(2)25-22-10)17-14-7-20-23(18(14)21-15(24)9-26-17)8-12-3-5-13(19)6-4-12/h3-7,17H,8-9H2,1-2H3,(H,21,24)/t17-/m1/s1. The second-order valence-corrected chi connectivity index (χ2v) is 7.74. The first-order valence-corrected chi connectivity index (χ1v) is 9.60. The first-order chi connectivity index (χ1) is 12.5. The van der Waals surface area contributed by atoms with Gasteiger partial charge in [-0.25, -0.2) is 4.68 Å². The minimum atomic E-state index is -0.0471. The lowest BCUT2D eigenvalue weighted by molar-refractivity contribution is -0.113. The molecule has 0 unspecified atom stereocenters. The summed E-state index contributed by atoms with van der Waals surface area (Å²) in [5, 5.41) is 12.2. The number of carbonyl (C=O) groups excluding carboxylic acids is 1. The molecule has 8 heteroatoms. The molecule has 1 aliphatic heterocycles. The van der Waals surface area contributed by atoms with E-state index >= 15 is 0 Å². The highest BCUT2D eigenvalue weighted by Crippen LogP contribution is 2.43. The average molecular weight is 389 g/mol. The van der Waals surface area contributed by atoms with Crippen molar-refractivity contribution in [1.82, 2.24) is 14.9 Å². The van der Waals surface area contributed by atoms with Crippen molar-refractivity contribution in [2.75, 3.05) is 11.1 Å². The maximum absolute atomic E-state index is 12.2. The summed E-state index contributed by atoms with van der Waals surface area (Å²) >= 11 is 7.52. The highest BCUT2D eigenvalue weighted by atomic mass is 35.5. The third kappa shape index (κ3) is 3.12. The van der Waals surface area contributed by atoms with Gasteiger partial charge in [-0.1, -0.05) is 28.9 Å². The summed E-state index contributed by atoms with van der Waals surface area (Å²) in [6, 6.07) is 7.60. The fourth-order valence-corrected chi connectivity index (χ4v) is 4.50. The lowest BCUT2D eigenvalue weighted by Gasteiger charge is -2.13. The topological polar surface area (TPSA) is 73.0 Å². The van der Waals surface area contributed by atoms with Crippen molar-refractivity contribution in [2.45, 2.75) is 25.6 Å². The monoisotopic (exact) mass is 388 g/mol. The van der Waals surface area contributed by atoms with Crippen LogP contribution in [0.1, 0.15) is 33.4 Å². The van der Waals surface area contributed by atoms with Gasteiger partial charge in [-0.2, -0.15) is 5.10 Å². The molecule has 0 bridgehead atoms. The molecule has 4 rings (SSSR count). The number of aryl methyl sites for hydroxylation is 2. The number of benzene rings is 1. The molecule has 1 aromatic carbocycles. The van der Waals surface area contributed by atoms with Gasteiger partial charge in [-0.3, -0.25) is 4.79 Å². The highest BCUT2D eigenvalue weighted by Gasteiger charge is 2.31. The van der Waals surface area contributed by atoms with E-state index in [1.54, 1.807) is 11.8 Å². The Morgan fingerprint density at radius 1 is 1.35 bits per heavy atom. The van der Waals surface area contributed by atoms with Crippen LogP contribution in [0.4, 0.5) is 5.82 Å². The molecular formula is C18H17ClN4O2S. The van der Waals surface area contributed by atoms with Gasteiger partial charge in [0.05, 0.1) is 29.4 Å². The van der Waals surface area contributed by atoms with Gasteiger partial charge in [0.1, 0.15) is 11.6 Å². The van der Waals surface area contributed by atoms with E-state index in [9.17, 15) is 4.79 Å². The van der Waals surface area contributed by atoms with E-state index in [4.69, 9.17) is 16.1 Å². The minimum absolute atomic E-state index is 0.0385. The van der Waals surface area contributed by atoms with Crippen LogP contribution in [0.15, 0.2) is 35.0 Å². The zero-order valence-corrected chi connectivity index (χ0v) is 15.9. The molecule has 26 heavy (non-hydrogen) atoms. The van der Waals surface area contributed by atoms with Gasteiger partial charge >= 0.3 is 0 Å². The Morgan fingerprint density at radius 3 is 2.81 bits per heavy atom. The third-order valence-electron chi connectivity index (χ3n) is 4.39. The summed E-state index contributed by atoms with van der Waals surface area (Å²) < 4.78 is 7.15. The van der Waals surface area contributed by atoms with Crippen molar-refractivity contribution in [3.8, 4) is 0 Å². The van der Waals surface area contributed by atoms with Crippen molar-refractivity contribution in [3.63, 3.8) is 0 Å². The number of nitrogens with one attached hydrogen (secondary N) is 1. The molecule has 1 N–H and O–H groups in total. The number of thioether (sulfide) groups is 1. The largest absolute Gasteiger partial charge is 0.361 e. The molecule has 2 aromatic heterocycles. The number of amides is 1. The van der Waals surface area contributed by atoms with E-state index in [-0.39, 0.29) is 11.2 Å². The number of carbonyl (C=O) groups is 1. The molecule has 0 spiro atoms. The van der Waals surface area contributed by atoms with Crippen LogP contribution in [0.2, 0.25) is 5.02 Å². The molecule has 0 aliphatic carbocycles. The van der Waals surface area contributed by atoms with Crippen LogP contribution in [0.25, 0.3) is 0 Å². The predicted octanol–water partition coefficient (Wildman–Crippen LogP) is 3.96. The summed E-state index contributed by atoms with van der Waals surface area (Å²) in [7, 11) is 0. The van der Waals surface area contributed by atoms with Gasteiger partial charge in [0, 0.05) is 16.1 Å².